The number of rotatable bonds is 6. The Morgan fingerprint density at radius 3 is 2.09 bits per heavy atom. The second-order valence-corrected chi connectivity index (χ2v) is 3.06. The molecule has 2 atom stereocenters. The third-order valence-electron chi connectivity index (χ3n) is 1.78. The zero-order chi connectivity index (χ0) is 8.69. The Bertz CT molecular complexity index is 85.4. The molecule has 0 aromatic heterocycles. The van der Waals surface area contributed by atoms with E-state index in [1.165, 1.54) is 0 Å². The van der Waals surface area contributed by atoms with Gasteiger partial charge < -0.3 is 16.0 Å². The van der Waals surface area contributed by atoms with E-state index in [1.807, 2.05) is 14.1 Å². The van der Waals surface area contributed by atoms with Crippen molar-refractivity contribution < 1.29 is 0 Å². The first kappa shape index (κ1) is 10.9. The first-order valence-electron chi connectivity index (χ1n) is 4.26. The normalized spacial score (nSPS) is 16.4. The summed E-state index contributed by atoms with van der Waals surface area (Å²) in [5.41, 5.74) is 0. The maximum atomic E-state index is 3.41. The smallest absolute Gasteiger partial charge is 0.0164 e. The van der Waals surface area contributed by atoms with Crippen molar-refractivity contribution in [1.82, 2.24) is 16.0 Å². The first-order chi connectivity index (χ1) is 5.20. The highest BCUT2D eigenvalue weighted by Crippen LogP contribution is 1.80. The van der Waals surface area contributed by atoms with Crippen LogP contribution in [0.25, 0.3) is 0 Å². The lowest BCUT2D eigenvalue weighted by molar-refractivity contribution is 0.471. The van der Waals surface area contributed by atoms with Crippen molar-refractivity contribution in [3.8, 4) is 0 Å². The van der Waals surface area contributed by atoms with E-state index in [4.69, 9.17) is 0 Å². The average Bonchev–Trinajstić information content (AvgIpc) is 2.01. The minimum absolute atomic E-state index is 0.550. The highest BCUT2D eigenvalue weighted by molar-refractivity contribution is 4.67. The summed E-state index contributed by atoms with van der Waals surface area (Å²) in [5, 5.41) is 9.71. The Balaban J connectivity index is 3.22. The molecule has 3 nitrogen and oxygen atoms in total. The molecule has 0 spiro atoms. The van der Waals surface area contributed by atoms with E-state index in [0.29, 0.717) is 12.1 Å². The van der Waals surface area contributed by atoms with Gasteiger partial charge in [0.1, 0.15) is 0 Å². The largest absolute Gasteiger partial charge is 0.318 e. The lowest BCUT2D eigenvalue weighted by Gasteiger charge is -2.16. The highest BCUT2D eigenvalue weighted by Gasteiger charge is 2.01. The summed E-state index contributed by atoms with van der Waals surface area (Å²) in [4.78, 5) is 0. The van der Waals surface area contributed by atoms with E-state index in [0.717, 1.165) is 13.1 Å². The quantitative estimate of drug-likeness (QED) is 0.502. The van der Waals surface area contributed by atoms with Crippen molar-refractivity contribution in [1.29, 1.82) is 0 Å². The third-order valence-corrected chi connectivity index (χ3v) is 1.78. The number of hydrogen-bond acceptors (Lipinski definition) is 3. The first-order valence-corrected chi connectivity index (χ1v) is 4.26. The molecule has 0 saturated heterocycles. The second-order valence-electron chi connectivity index (χ2n) is 3.06. The lowest BCUT2D eigenvalue weighted by atomic mass is 10.3. The van der Waals surface area contributed by atoms with Crippen LogP contribution in [0.1, 0.15) is 13.8 Å². The van der Waals surface area contributed by atoms with E-state index in [-0.39, 0.29) is 0 Å². The molecular formula is C8H21N3. The summed E-state index contributed by atoms with van der Waals surface area (Å²) in [6.07, 6.45) is 0. The molecule has 0 aliphatic carbocycles. The number of likely N-dealkylation sites (N-methyl/N-ethyl adjacent to an activating group) is 2. The van der Waals surface area contributed by atoms with Crippen molar-refractivity contribution in [2.75, 3.05) is 27.2 Å². The fourth-order valence-electron chi connectivity index (χ4n) is 0.858. The molecule has 0 aliphatic rings. The SMILES string of the molecule is CNCC(C)NCC(C)NC. The molecule has 0 heterocycles. The molecule has 0 aliphatic heterocycles. The van der Waals surface area contributed by atoms with Crippen LogP contribution in [0.15, 0.2) is 0 Å². The van der Waals surface area contributed by atoms with Crippen LogP contribution in [0.3, 0.4) is 0 Å². The minimum Gasteiger partial charge on any atom is -0.318 e. The fourth-order valence-corrected chi connectivity index (χ4v) is 0.858. The molecule has 0 saturated carbocycles. The van der Waals surface area contributed by atoms with Gasteiger partial charge in [0.05, 0.1) is 0 Å². The van der Waals surface area contributed by atoms with Gasteiger partial charge in [0.25, 0.3) is 0 Å². The van der Waals surface area contributed by atoms with E-state index in [1.54, 1.807) is 0 Å². The maximum absolute atomic E-state index is 3.41. The van der Waals surface area contributed by atoms with Crippen LogP contribution >= 0.6 is 0 Å². The van der Waals surface area contributed by atoms with Crippen molar-refractivity contribution in [2.45, 2.75) is 25.9 Å². The zero-order valence-corrected chi connectivity index (χ0v) is 8.07. The summed E-state index contributed by atoms with van der Waals surface area (Å²) in [6, 6.07) is 1.10. The average molecular weight is 159 g/mol. The Kier molecular flexibility index (Phi) is 6.51. The molecule has 68 valence electrons. The van der Waals surface area contributed by atoms with Gasteiger partial charge in [-0.3, -0.25) is 0 Å². The summed E-state index contributed by atoms with van der Waals surface area (Å²) in [5.74, 6) is 0. The Morgan fingerprint density at radius 1 is 1.00 bits per heavy atom. The Labute approximate surface area is 69.9 Å². The van der Waals surface area contributed by atoms with Crippen molar-refractivity contribution >= 4 is 0 Å². The van der Waals surface area contributed by atoms with Crippen LogP contribution in [-0.4, -0.2) is 39.3 Å². The van der Waals surface area contributed by atoms with Gasteiger partial charge in [-0.25, -0.2) is 0 Å². The predicted octanol–water partition coefficient (Wildman–Crippen LogP) is -0.208. The monoisotopic (exact) mass is 159 g/mol. The van der Waals surface area contributed by atoms with Crippen LogP contribution in [0, 0.1) is 0 Å². The molecule has 3 heteroatoms. The van der Waals surface area contributed by atoms with Crippen molar-refractivity contribution in [2.24, 2.45) is 0 Å². The van der Waals surface area contributed by atoms with Crippen LogP contribution < -0.4 is 16.0 Å². The molecule has 0 radical (unpaired) electrons. The molecule has 11 heavy (non-hydrogen) atoms. The highest BCUT2D eigenvalue weighted by atomic mass is 15.0. The molecule has 0 bridgehead atoms. The molecule has 0 rings (SSSR count). The molecule has 0 aromatic rings. The standard InChI is InChI=1S/C8H21N3/c1-7(10-4)6-11-8(2)5-9-3/h7-11H,5-6H2,1-4H3. The number of hydrogen-bond donors (Lipinski definition) is 3. The van der Waals surface area contributed by atoms with E-state index in [2.05, 4.69) is 29.8 Å². The van der Waals surface area contributed by atoms with E-state index >= 15 is 0 Å². The molecular weight excluding hydrogens is 138 g/mol. The predicted molar refractivity (Wildman–Crippen MR) is 49.9 cm³/mol. The third kappa shape index (κ3) is 6.28. The van der Waals surface area contributed by atoms with Gasteiger partial charge in [0.15, 0.2) is 0 Å². The van der Waals surface area contributed by atoms with E-state index < -0.39 is 0 Å². The molecule has 0 amide bonds. The van der Waals surface area contributed by atoms with Crippen LogP contribution in [0.2, 0.25) is 0 Å². The Hall–Kier alpha value is -0.120. The van der Waals surface area contributed by atoms with Crippen LogP contribution in [0.4, 0.5) is 0 Å². The van der Waals surface area contributed by atoms with Gasteiger partial charge in [-0.1, -0.05) is 0 Å². The summed E-state index contributed by atoms with van der Waals surface area (Å²) in [6.45, 7) is 6.40. The molecule has 2 unspecified atom stereocenters. The van der Waals surface area contributed by atoms with Crippen LogP contribution in [0.5, 0.6) is 0 Å². The van der Waals surface area contributed by atoms with Gasteiger partial charge in [0, 0.05) is 25.2 Å². The van der Waals surface area contributed by atoms with Gasteiger partial charge in [0.2, 0.25) is 0 Å². The summed E-state index contributed by atoms with van der Waals surface area (Å²) >= 11 is 0. The van der Waals surface area contributed by atoms with Gasteiger partial charge in [-0.2, -0.15) is 0 Å². The number of nitrogens with one attached hydrogen (secondary N) is 3. The topological polar surface area (TPSA) is 36.1 Å². The van der Waals surface area contributed by atoms with Gasteiger partial charge >= 0.3 is 0 Å². The second kappa shape index (κ2) is 6.58. The summed E-state index contributed by atoms with van der Waals surface area (Å²) < 4.78 is 0. The van der Waals surface area contributed by atoms with Gasteiger partial charge in [-0.05, 0) is 27.9 Å². The lowest BCUT2D eigenvalue weighted by Crippen LogP contribution is -2.42. The fraction of sp³-hybridized carbons (Fsp3) is 1.00. The zero-order valence-electron chi connectivity index (χ0n) is 8.07. The van der Waals surface area contributed by atoms with E-state index in [9.17, 15) is 0 Å². The van der Waals surface area contributed by atoms with Crippen molar-refractivity contribution in [3.63, 3.8) is 0 Å². The minimum atomic E-state index is 0.550. The molecule has 3 N–H and O–H groups in total. The maximum Gasteiger partial charge on any atom is 0.0164 e. The molecule has 0 aromatic carbocycles. The Morgan fingerprint density at radius 2 is 1.64 bits per heavy atom. The van der Waals surface area contributed by atoms with Crippen molar-refractivity contribution in [3.05, 3.63) is 0 Å². The van der Waals surface area contributed by atoms with Crippen LogP contribution in [-0.2, 0) is 0 Å². The van der Waals surface area contributed by atoms with Gasteiger partial charge in [-0.15, -0.1) is 0 Å². The molecule has 0 fully saturated rings. The summed E-state index contributed by atoms with van der Waals surface area (Å²) in [7, 11) is 3.95.